The fourth-order valence-electron chi connectivity index (χ4n) is 2.36. The maximum absolute atomic E-state index is 12.4. The summed E-state index contributed by atoms with van der Waals surface area (Å²) >= 11 is 0. The molecule has 0 aliphatic carbocycles. The van der Waals surface area contributed by atoms with E-state index < -0.39 is 5.91 Å². The minimum absolute atomic E-state index is 0.0745. The lowest BCUT2D eigenvalue weighted by Crippen LogP contribution is -2.21. The number of rotatable bonds is 4. The van der Waals surface area contributed by atoms with Crippen molar-refractivity contribution in [3.63, 3.8) is 0 Å². The van der Waals surface area contributed by atoms with Crippen LogP contribution in [0.25, 0.3) is 10.9 Å². The number of hydrogen-bond donors (Lipinski definition) is 2. The van der Waals surface area contributed by atoms with E-state index in [0.717, 1.165) is 0 Å². The molecule has 0 radical (unpaired) electrons. The van der Waals surface area contributed by atoms with Crippen LogP contribution in [0.3, 0.4) is 0 Å². The lowest BCUT2D eigenvalue weighted by molar-refractivity contribution is 0.102. The second-order valence-electron chi connectivity index (χ2n) is 4.99. The molecular formula is C18H16N2O3. The van der Waals surface area contributed by atoms with Gasteiger partial charge in [-0.25, -0.2) is 0 Å². The minimum atomic E-state index is -0.453. The van der Waals surface area contributed by atoms with Gasteiger partial charge in [0, 0.05) is 28.9 Å². The molecule has 116 valence electrons. The molecule has 0 unspecified atom stereocenters. The fourth-order valence-corrected chi connectivity index (χ4v) is 2.36. The third-order valence-corrected chi connectivity index (χ3v) is 3.44. The number of carbonyl (C=O) groups excluding carboxylic acids is 1. The van der Waals surface area contributed by atoms with Gasteiger partial charge >= 0.3 is 0 Å². The highest BCUT2D eigenvalue weighted by Crippen LogP contribution is 2.18. The van der Waals surface area contributed by atoms with Crippen LogP contribution in [-0.2, 0) is 0 Å². The first-order valence-electron chi connectivity index (χ1n) is 7.33. The molecule has 3 aromatic rings. The van der Waals surface area contributed by atoms with Crippen LogP contribution in [0.1, 0.15) is 17.3 Å². The zero-order valence-electron chi connectivity index (χ0n) is 12.6. The maximum Gasteiger partial charge on any atom is 0.261 e. The van der Waals surface area contributed by atoms with Gasteiger partial charge in [-0.2, -0.15) is 0 Å². The van der Waals surface area contributed by atoms with Gasteiger partial charge in [0.1, 0.15) is 11.3 Å². The first-order chi connectivity index (χ1) is 11.2. The first kappa shape index (κ1) is 14.8. The number of anilines is 1. The third kappa shape index (κ3) is 3.08. The Balaban J connectivity index is 1.90. The highest BCUT2D eigenvalue weighted by molar-refractivity contribution is 6.05. The molecule has 0 fully saturated rings. The number of nitrogens with one attached hydrogen (secondary N) is 2. The topological polar surface area (TPSA) is 71.2 Å². The molecule has 0 aliphatic heterocycles. The molecule has 0 aliphatic rings. The van der Waals surface area contributed by atoms with Crippen molar-refractivity contribution in [2.75, 3.05) is 11.9 Å². The monoisotopic (exact) mass is 308 g/mol. The molecule has 0 saturated carbocycles. The number of pyridine rings is 1. The molecule has 2 N–H and O–H groups in total. The van der Waals surface area contributed by atoms with Crippen molar-refractivity contribution >= 4 is 22.5 Å². The summed E-state index contributed by atoms with van der Waals surface area (Å²) in [6.45, 7) is 2.43. The summed E-state index contributed by atoms with van der Waals surface area (Å²) in [6.07, 6.45) is 1.44. The van der Waals surface area contributed by atoms with Crippen molar-refractivity contribution in [1.29, 1.82) is 0 Å². The highest BCUT2D eigenvalue weighted by atomic mass is 16.5. The van der Waals surface area contributed by atoms with Crippen molar-refractivity contribution in [1.82, 2.24) is 4.98 Å². The van der Waals surface area contributed by atoms with Crippen LogP contribution >= 0.6 is 0 Å². The summed E-state index contributed by atoms with van der Waals surface area (Å²) in [7, 11) is 0. The van der Waals surface area contributed by atoms with Crippen molar-refractivity contribution in [2.24, 2.45) is 0 Å². The summed E-state index contributed by atoms with van der Waals surface area (Å²) in [5, 5.41) is 3.21. The van der Waals surface area contributed by atoms with Crippen molar-refractivity contribution < 1.29 is 9.53 Å². The predicted octanol–water partition coefficient (Wildman–Crippen LogP) is 3.18. The number of carbonyl (C=O) groups is 1. The van der Waals surface area contributed by atoms with Crippen LogP contribution < -0.4 is 15.5 Å². The number of para-hydroxylation sites is 1. The third-order valence-electron chi connectivity index (χ3n) is 3.44. The predicted molar refractivity (Wildman–Crippen MR) is 90.1 cm³/mol. The lowest BCUT2D eigenvalue weighted by atomic mass is 10.1. The molecule has 2 aromatic carbocycles. The fraction of sp³-hybridized carbons (Fsp3) is 0.111. The largest absolute Gasteiger partial charge is 0.494 e. The highest BCUT2D eigenvalue weighted by Gasteiger charge is 2.13. The normalized spacial score (nSPS) is 10.5. The maximum atomic E-state index is 12.4. The average Bonchev–Trinajstić information content (AvgIpc) is 2.56. The number of ether oxygens (including phenoxy) is 1. The van der Waals surface area contributed by atoms with E-state index in [1.807, 2.05) is 19.1 Å². The number of aromatic nitrogens is 1. The van der Waals surface area contributed by atoms with E-state index in [1.54, 1.807) is 36.4 Å². The van der Waals surface area contributed by atoms with Gasteiger partial charge in [-0.1, -0.05) is 18.2 Å². The van der Waals surface area contributed by atoms with Gasteiger partial charge in [-0.3, -0.25) is 9.59 Å². The van der Waals surface area contributed by atoms with Gasteiger partial charge in [0.05, 0.1) is 6.61 Å². The van der Waals surface area contributed by atoms with Crippen LogP contribution in [0.15, 0.2) is 59.5 Å². The summed E-state index contributed by atoms with van der Waals surface area (Å²) < 4.78 is 5.40. The van der Waals surface area contributed by atoms with Gasteiger partial charge in [0.2, 0.25) is 5.43 Å². The van der Waals surface area contributed by atoms with Crippen LogP contribution in [0.5, 0.6) is 5.75 Å². The molecule has 1 amide bonds. The van der Waals surface area contributed by atoms with Gasteiger partial charge in [-0.05, 0) is 31.2 Å². The van der Waals surface area contributed by atoms with E-state index >= 15 is 0 Å². The smallest absolute Gasteiger partial charge is 0.261 e. The Morgan fingerprint density at radius 3 is 2.83 bits per heavy atom. The number of hydrogen-bond acceptors (Lipinski definition) is 3. The van der Waals surface area contributed by atoms with Gasteiger partial charge in [-0.15, -0.1) is 0 Å². The molecule has 1 heterocycles. The van der Waals surface area contributed by atoms with Gasteiger partial charge in [0.15, 0.2) is 0 Å². The summed E-state index contributed by atoms with van der Waals surface area (Å²) in [5.74, 6) is 0.211. The molecule has 3 rings (SSSR count). The summed E-state index contributed by atoms with van der Waals surface area (Å²) in [5.41, 5.74) is 1.06. The van der Waals surface area contributed by atoms with E-state index in [1.165, 1.54) is 6.20 Å². The Labute approximate surface area is 132 Å². The molecule has 0 saturated heterocycles. The van der Waals surface area contributed by atoms with Crippen LogP contribution in [0.2, 0.25) is 0 Å². The summed E-state index contributed by atoms with van der Waals surface area (Å²) in [4.78, 5) is 27.8. The van der Waals surface area contributed by atoms with Crippen molar-refractivity contribution in [3.8, 4) is 5.75 Å². The number of benzene rings is 2. The SMILES string of the molecule is CCOc1cccc(NC(=O)c2c[nH]c3ccccc3c2=O)c1. The van der Waals surface area contributed by atoms with E-state index in [0.29, 0.717) is 28.9 Å². The van der Waals surface area contributed by atoms with Crippen LogP contribution in [0.4, 0.5) is 5.69 Å². The Bertz CT molecular complexity index is 915. The number of amides is 1. The second-order valence-corrected chi connectivity index (χ2v) is 4.99. The van der Waals surface area contributed by atoms with Crippen molar-refractivity contribution in [3.05, 3.63) is 70.5 Å². The van der Waals surface area contributed by atoms with Crippen LogP contribution in [-0.4, -0.2) is 17.5 Å². The second kappa shape index (κ2) is 6.36. The standard InChI is InChI=1S/C18H16N2O3/c1-2-23-13-7-5-6-12(10-13)20-18(22)15-11-19-16-9-4-3-8-14(16)17(15)21/h3-11H,2H2,1H3,(H,19,21)(H,20,22). The Kier molecular flexibility index (Phi) is 4.10. The number of aromatic amines is 1. The first-order valence-corrected chi connectivity index (χ1v) is 7.33. The molecule has 5 heteroatoms. The zero-order chi connectivity index (χ0) is 16.2. The molecule has 1 aromatic heterocycles. The quantitative estimate of drug-likeness (QED) is 0.777. The Hall–Kier alpha value is -3.08. The minimum Gasteiger partial charge on any atom is -0.494 e. The molecule has 5 nitrogen and oxygen atoms in total. The number of fused-ring (bicyclic) bond motifs is 1. The molecule has 0 spiro atoms. The summed E-state index contributed by atoms with van der Waals surface area (Å²) in [6, 6.07) is 14.1. The lowest BCUT2D eigenvalue weighted by Gasteiger charge is -2.08. The van der Waals surface area contributed by atoms with Gasteiger partial charge in [0.25, 0.3) is 5.91 Å². The molecule has 23 heavy (non-hydrogen) atoms. The van der Waals surface area contributed by atoms with E-state index in [9.17, 15) is 9.59 Å². The van der Waals surface area contributed by atoms with E-state index in [-0.39, 0.29) is 11.0 Å². The average molecular weight is 308 g/mol. The Morgan fingerprint density at radius 1 is 1.17 bits per heavy atom. The zero-order valence-corrected chi connectivity index (χ0v) is 12.6. The van der Waals surface area contributed by atoms with Crippen molar-refractivity contribution in [2.45, 2.75) is 6.92 Å². The molecular weight excluding hydrogens is 292 g/mol. The van der Waals surface area contributed by atoms with Crippen LogP contribution in [0, 0.1) is 0 Å². The van der Waals surface area contributed by atoms with E-state index in [4.69, 9.17) is 4.74 Å². The number of H-pyrrole nitrogens is 1. The van der Waals surface area contributed by atoms with Gasteiger partial charge < -0.3 is 15.0 Å². The molecule has 0 atom stereocenters. The molecule has 0 bridgehead atoms. The van der Waals surface area contributed by atoms with E-state index in [2.05, 4.69) is 10.3 Å². The Morgan fingerprint density at radius 2 is 2.00 bits per heavy atom.